The summed E-state index contributed by atoms with van der Waals surface area (Å²) < 4.78 is 5.05. The van der Waals surface area contributed by atoms with Gasteiger partial charge >= 0.3 is 5.97 Å². The summed E-state index contributed by atoms with van der Waals surface area (Å²) in [5, 5.41) is 8.87. The van der Waals surface area contributed by atoms with E-state index in [2.05, 4.69) is 6.58 Å². The van der Waals surface area contributed by atoms with E-state index in [1.165, 1.54) is 0 Å². The van der Waals surface area contributed by atoms with E-state index in [0.717, 1.165) is 0 Å². The van der Waals surface area contributed by atoms with Crippen LogP contribution in [0.25, 0.3) is 0 Å². The van der Waals surface area contributed by atoms with Crippen molar-refractivity contribution in [2.75, 3.05) is 13.2 Å². The highest BCUT2D eigenvalue weighted by molar-refractivity contribution is 5.75. The van der Waals surface area contributed by atoms with Crippen molar-refractivity contribution in [1.82, 2.24) is 0 Å². The number of hydrogen-bond donors (Lipinski definition) is 1. The van der Waals surface area contributed by atoms with Gasteiger partial charge in [-0.1, -0.05) is 6.08 Å². The second-order valence-electron chi connectivity index (χ2n) is 2.88. The predicted molar refractivity (Wildman–Crippen MR) is 40.3 cm³/mol. The Bertz CT molecular complexity index is 168. The van der Waals surface area contributed by atoms with E-state index in [0.29, 0.717) is 26.1 Å². The predicted octanol–water partition coefficient (Wildman–Crippen LogP) is 1.05. The number of carbonyl (C=O) groups is 1. The molecule has 1 rings (SSSR count). The lowest BCUT2D eigenvalue weighted by Gasteiger charge is -2.19. The maximum atomic E-state index is 10.8. The van der Waals surface area contributed by atoms with Crippen molar-refractivity contribution in [3.8, 4) is 0 Å². The molecule has 0 saturated carbocycles. The Balaban J connectivity index is 2.69. The molecule has 0 aromatic heterocycles. The Labute approximate surface area is 65.7 Å². The van der Waals surface area contributed by atoms with Crippen LogP contribution in [0.2, 0.25) is 0 Å². The first-order chi connectivity index (χ1) is 5.21. The normalized spacial score (nSPS) is 30.2. The Hall–Kier alpha value is -0.830. The Morgan fingerprint density at radius 1 is 1.82 bits per heavy atom. The van der Waals surface area contributed by atoms with Gasteiger partial charge in [0.05, 0.1) is 12.0 Å². The average Bonchev–Trinajstić information content (AvgIpc) is 2.38. The zero-order valence-corrected chi connectivity index (χ0v) is 6.38. The fourth-order valence-electron chi connectivity index (χ4n) is 1.30. The third-order valence-electron chi connectivity index (χ3n) is 2.09. The molecular weight excluding hydrogens is 144 g/mol. The lowest BCUT2D eigenvalue weighted by Crippen LogP contribution is -2.30. The van der Waals surface area contributed by atoms with E-state index >= 15 is 0 Å². The van der Waals surface area contributed by atoms with Gasteiger partial charge in [0.1, 0.15) is 0 Å². The van der Waals surface area contributed by atoms with E-state index in [1.807, 2.05) is 0 Å². The molecule has 1 aliphatic rings. The van der Waals surface area contributed by atoms with Crippen LogP contribution in [-0.4, -0.2) is 24.3 Å². The van der Waals surface area contributed by atoms with Crippen LogP contribution in [0.15, 0.2) is 12.7 Å². The highest BCUT2D eigenvalue weighted by atomic mass is 16.5. The molecule has 1 unspecified atom stereocenters. The number of carboxylic acid groups (broad SMARTS) is 1. The highest BCUT2D eigenvalue weighted by Gasteiger charge is 2.41. The maximum absolute atomic E-state index is 10.8. The summed E-state index contributed by atoms with van der Waals surface area (Å²) in [6.45, 7) is 4.42. The van der Waals surface area contributed by atoms with Crippen LogP contribution in [0, 0.1) is 5.41 Å². The second-order valence-corrected chi connectivity index (χ2v) is 2.88. The summed E-state index contributed by atoms with van der Waals surface area (Å²) in [5.41, 5.74) is -0.679. The van der Waals surface area contributed by atoms with Gasteiger partial charge in [-0.05, 0) is 12.8 Å². The Morgan fingerprint density at radius 3 is 2.91 bits per heavy atom. The topological polar surface area (TPSA) is 46.5 Å². The van der Waals surface area contributed by atoms with Crippen molar-refractivity contribution >= 4 is 5.97 Å². The molecule has 1 heterocycles. The van der Waals surface area contributed by atoms with Gasteiger partial charge in [0.2, 0.25) is 0 Å². The van der Waals surface area contributed by atoms with E-state index in [-0.39, 0.29) is 0 Å². The fourth-order valence-corrected chi connectivity index (χ4v) is 1.30. The molecule has 1 fully saturated rings. The largest absolute Gasteiger partial charge is 0.481 e. The third-order valence-corrected chi connectivity index (χ3v) is 2.09. The van der Waals surface area contributed by atoms with Crippen molar-refractivity contribution in [2.45, 2.75) is 12.8 Å². The zero-order valence-electron chi connectivity index (χ0n) is 6.38. The molecule has 3 nitrogen and oxygen atoms in total. The molecule has 0 radical (unpaired) electrons. The lowest BCUT2D eigenvalue weighted by atomic mass is 9.84. The van der Waals surface area contributed by atoms with Gasteiger partial charge < -0.3 is 9.84 Å². The van der Waals surface area contributed by atoms with Crippen LogP contribution in [0.4, 0.5) is 0 Å². The average molecular weight is 156 g/mol. The van der Waals surface area contributed by atoms with Crippen LogP contribution in [0.1, 0.15) is 12.8 Å². The summed E-state index contributed by atoms with van der Waals surface area (Å²) in [6.07, 6.45) is 2.75. The molecule has 11 heavy (non-hydrogen) atoms. The minimum atomic E-state index is -0.769. The molecule has 1 N–H and O–H groups in total. The molecule has 1 atom stereocenters. The van der Waals surface area contributed by atoms with Gasteiger partial charge in [-0.2, -0.15) is 0 Å². The Morgan fingerprint density at radius 2 is 2.55 bits per heavy atom. The first-order valence-corrected chi connectivity index (χ1v) is 3.63. The van der Waals surface area contributed by atoms with Crippen LogP contribution in [-0.2, 0) is 9.53 Å². The summed E-state index contributed by atoms with van der Waals surface area (Å²) in [4.78, 5) is 10.8. The van der Waals surface area contributed by atoms with Crippen molar-refractivity contribution < 1.29 is 14.6 Å². The number of allylic oxidation sites excluding steroid dienone is 1. The van der Waals surface area contributed by atoms with Crippen molar-refractivity contribution in [3.05, 3.63) is 12.7 Å². The first kappa shape index (κ1) is 8.27. The Kier molecular flexibility index (Phi) is 2.29. The molecule has 0 aromatic carbocycles. The van der Waals surface area contributed by atoms with Crippen LogP contribution >= 0.6 is 0 Å². The summed E-state index contributed by atoms with van der Waals surface area (Å²) >= 11 is 0. The number of carboxylic acids is 1. The number of aliphatic carboxylic acids is 1. The zero-order chi connectivity index (χ0) is 8.32. The molecule has 0 aliphatic carbocycles. The SMILES string of the molecule is C=CCC1(C(=O)O)CCOC1. The molecular formula is C8H12O3. The van der Waals surface area contributed by atoms with Crippen LogP contribution in [0.5, 0.6) is 0 Å². The van der Waals surface area contributed by atoms with Crippen LogP contribution < -0.4 is 0 Å². The number of ether oxygens (including phenoxy) is 1. The van der Waals surface area contributed by atoms with E-state index < -0.39 is 11.4 Å². The van der Waals surface area contributed by atoms with E-state index in [4.69, 9.17) is 9.84 Å². The number of rotatable bonds is 3. The molecule has 62 valence electrons. The minimum Gasteiger partial charge on any atom is -0.481 e. The van der Waals surface area contributed by atoms with Gasteiger partial charge in [0.15, 0.2) is 0 Å². The molecule has 1 aliphatic heterocycles. The summed E-state index contributed by atoms with van der Waals surface area (Å²) in [5.74, 6) is -0.769. The summed E-state index contributed by atoms with van der Waals surface area (Å²) in [6, 6.07) is 0. The van der Waals surface area contributed by atoms with Crippen molar-refractivity contribution in [2.24, 2.45) is 5.41 Å². The lowest BCUT2D eigenvalue weighted by molar-refractivity contribution is -0.148. The molecule has 0 amide bonds. The summed E-state index contributed by atoms with van der Waals surface area (Å²) in [7, 11) is 0. The van der Waals surface area contributed by atoms with Gasteiger partial charge in [0.25, 0.3) is 0 Å². The van der Waals surface area contributed by atoms with Gasteiger partial charge in [-0.25, -0.2) is 0 Å². The molecule has 1 saturated heterocycles. The second kappa shape index (κ2) is 3.05. The standard InChI is InChI=1S/C8H12O3/c1-2-3-8(7(9)10)4-5-11-6-8/h2H,1,3-6H2,(H,9,10). The van der Waals surface area contributed by atoms with Gasteiger partial charge in [-0.3, -0.25) is 4.79 Å². The van der Waals surface area contributed by atoms with E-state index in [1.54, 1.807) is 6.08 Å². The van der Waals surface area contributed by atoms with Gasteiger partial charge in [0, 0.05) is 6.61 Å². The highest BCUT2D eigenvalue weighted by Crippen LogP contribution is 2.32. The molecule has 0 aromatic rings. The number of hydrogen-bond acceptors (Lipinski definition) is 2. The quantitative estimate of drug-likeness (QED) is 0.621. The molecule has 3 heteroatoms. The fraction of sp³-hybridized carbons (Fsp3) is 0.625. The maximum Gasteiger partial charge on any atom is 0.312 e. The van der Waals surface area contributed by atoms with Crippen molar-refractivity contribution in [3.63, 3.8) is 0 Å². The van der Waals surface area contributed by atoms with Crippen LogP contribution in [0.3, 0.4) is 0 Å². The molecule has 0 spiro atoms. The smallest absolute Gasteiger partial charge is 0.312 e. The molecule has 0 bridgehead atoms. The van der Waals surface area contributed by atoms with E-state index in [9.17, 15) is 4.79 Å². The monoisotopic (exact) mass is 156 g/mol. The minimum absolute atomic E-state index is 0.328. The first-order valence-electron chi connectivity index (χ1n) is 3.63. The third kappa shape index (κ3) is 1.43. The van der Waals surface area contributed by atoms with Crippen molar-refractivity contribution in [1.29, 1.82) is 0 Å². The van der Waals surface area contributed by atoms with Gasteiger partial charge in [-0.15, -0.1) is 6.58 Å².